The summed E-state index contributed by atoms with van der Waals surface area (Å²) in [6, 6.07) is 5.78. The van der Waals surface area contributed by atoms with Crippen molar-refractivity contribution in [3.63, 3.8) is 0 Å². The highest BCUT2D eigenvalue weighted by molar-refractivity contribution is 7.85. The monoisotopic (exact) mass is 203 g/mol. The Labute approximate surface area is 78.1 Å². The Balaban J connectivity index is 0.000000671. The summed E-state index contributed by atoms with van der Waals surface area (Å²) >= 11 is 0. The number of rotatable bonds is 1. The third kappa shape index (κ3) is 4.02. The van der Waals surface area contributed by atoms with E-state index in [1.54, 1.807) is 19.2 Å². The molecule has 1 aromatic rings. The molecule has 0 heterocycles. The Hall–Kier alpha value is -0.910. The van der Waals surface area contributed by atoms with Crippen LogP contribution in [-0.4, -0.2) is 20.0 Å². The molecule has 0 aromatic heterocycles. The molecule has 1 aromatic carbocycles. The molecule has 0 spiro atoms. The average Bonchev–Trinajstić information content (AvgIpc) is 2.07. The lowest BCUT2D eigenvalue weighted by molar-refractivity contribution is -0.325. The summed E-state index contributed by atoms with van der Waals surface area (Å²) in [6.07, 6.45) is 0. The van der Waals surface area contributed by atoms with Crippen LogP contribution >= 0.6 is 0 Å². The zero-order chi connectivity index (χ0) is 10.5. The maximum atomic E-state index is 10.4. The summed E-state index contributed by atoms with van der Waals surface area (Å²) in [5.74, 6) is 0. The van der Waals surface area contributed by atoms with Crippen LogP contribution < -0.4 is 5.73 Å². The highest BCUT2D eigenvalue weighted by Crippen LogP contribution is 2.08. The molecular weight excluding hydrogens is 190 g/mol. The van der Waals surface area contributed by atoms with Gasteiger partial charge in [0.05, 0.1) is 11.9 Å². The molecule has 0 saturated heterocycles. The van der Waals surface area contributed by atoms with E-state index in [-0.39, 0.29) is 4.90 Å². The van der Waals surface area contributed by atoms with E-state index in [2.05, 4.69) is 5.73 Å². The predicted molar refractivity (Wildman–Crippen MR) is 48.0 cm³/mol. The first kappa shape index (κ1) is 12.1. The van der Waals surface area contributed by atoms with Crippen LogP contribution in [0.25, 0.3) is 0 Å². The molecule has 1 rings (SSSR count). The van der Waals surface area contributed by atoms with Gasteiger partial charge < -0.3 is 10.3 Å². The van der Waals surface area contributed by atoms with E-state index in [1.165, 1.54) is 12.1 Å². The fourth-order valence-corrected chi connectivity index (χ4v) is 1.17. The molecule has 4 nitrogen and oxygen atoms in total. The molecule has 0 unspecified atom stereocenters. The molecular formula is C8H13NO3S. The third-order valence-corrected chi connectivity index (χ3v) is 2.16. The van der Waals surface area contributed by atoms with Crippen LogP contribution in [0.1, 0.15) is 5.56 Å². The van der Waals surface area contributed by atoms with Gasteiger partial charge in [-0.25, -0.2) is 8.42 Å². The normalized spacial score (nSPS) is 10.2. The molecule has 0 fully saturated rings. The Morgan fingerprint density at radius 1 is 1.15 bits per heavy atom. The van der Waals surface area contributed by atoms with E-state index in [0.717, 1.165) is 5.56 Å². The van der Waals surface area contributed by atoms with Crippen LogP contribution in [0.4, 0.5) is 0 Å². The van der Waals surface area contributed by atoms with Crippen molar-refractivity contribution in [1.29, 1.82) is 0 Å². The minimum Gasteiger partial charge on any atom is -0.744 e. The van der Waals surface area contributed by atoms with Crippen molar-refractivity contribution in [2.45, 2.75) is 11.8 Å². The summed E-state index contributed by atoms with van der Waals surface area (Å²) in [5, 5.41) is 0. The second kappa shape index (κ2) is 4.96. The van der Waals surface area contributed by atoms with Crippen LogP contribution in [0.2, 0.25) is 0 Å². The minimum atomic E-state index is -4.27. The van der Waals surface area contributed by atoms with Gasteiger partial charge in [-0.05, 0) is 19.1 Å². The summed E-state index contributed by atoms with van der Waals surface area (Å²) in [4.78, 5) is -0.178. The van der Waals surface area contributed by atoms with Gasteiger partial charge in [-0.15, -0.1) is 0 Å². The van der Waals surface area contributed by atoms with E-state index >= 15 is 0 Å². The van der Waals surface area contributed by atoms with Gasteiger partial charge in [0.2, 0.25) is 0 Å². The van der Waals surface area contributed by atoms with Gasteiger partial charge in [0.15, 0.2) is 0 Å². The first-order valence-corrected chi connectivity index (χ1v) is 5.14. The van der Waals surface area contributed by atoms with E-state index in [4.69, 9.17) is 0 Å². The van der Waals surface area contributed by atoms with Crippen molar-refractivity contribution < 1.29 is 18.7 Å². The van der Waals surface area contributed by atoms with Crippen LogP contribution in [0.15, 0.2) is 29.2 Å². The Kier molecular flexibility index (Phi) is 4.61. The van der Waals surface area contributed by atoms with Crippen molar-refractivity contribution in [3.8, 4) is 0 Å². The molecule has 0 aliphatic rings. The van der Waals surface area contributed by atoms with Crippen LogP contribution in [0.3, 0.4) is 0 Å². The number of hydrogen-bond donors (Lipinski definition) is 1. The second-order valence-electron chi connectivity index (χ2n) is 2.27. The molecule has 0 saturated carbocycles. The highest BCUT2D eigenvalue weighted by Gasteiger charge is 1.97. The van der Waals surface area contributed by atoms with Gasteiger partial charge in [0, 0.05) is 0 Å². The maximum Gasteiger partial charge on any atom is 0.124 e. The number of quaternary nitrogens is 1. The first-order valence-electron chi connectivity index (χ1n) is 3.73. The molecule has 5 heteroatoms. The largest absolute Gasteiger partial charge is 0.744 e. The molecule has 0 atom stereocenters. The van der Waals surface area contributed by atoms with Gasteiger partial charge in [-0.2, -0.15) is 0 Å². The van der Waals surface area contributed by atoms with Crippen molar-refractivity contribution in [1.82, 2.24) is 0 Å². The van der Waals surface area contributed by atoms with Crippen molar-refractivity contribution in [2.75, 3.05) is 7.05 Å². The smallest absolute Gasteiger partial charge is 0.124 e. The molecule has 0 aliphatic heterocycles. The zero-order valence-corrected chi connectivity index (χ0v) is 8.47. The maximum absolute atomic E-state index is 10.4. The number of aryl methyl sites for hydroxylation is 1. The van der Waals surface area contributed by atoms with Crippen LogP contribution in [0.5, 0.6) is 0 Å². The SMILES string of the molecule is C[NH3+].Cc1ccc(S(=O)(=O)[O-])cc1. The van der Waals surface area contributed by atoms with Gasteiger partial charge in [-0.3, -0.25) is 0 Å². The van der Waals surface area contributed by atoms with Crippen molar-refractivity contribution >= 4 is 10.1 Å². The molecule has 0 aliphatic carbocycles. The number of hydrogen-bond acceptors (Lipinski definition) is 3. The van der Waals surface area contributed by atoms with Crippen LogP contribution in [-0.2, 0) is 10.1 Å². The fraction of sp³-hybridized carbons (Fsp3) is 0.250. The Morgan fingerprint density at radius 2 is 1.54 bits per heavy atom. The van der Waals surface area contributed by atoms with Gasteiger partial charge in [-0.1, -0.05) is 17.7 Å². The van der Waals surface area contributed by atoms with Gasteiger partial charge >= 0.3 is 0 Å². The topological polar surface area (TPSA) is 84.8 Å². The van der Waals surface area contributed by atoms with Crippen molar-refractivity contribution in [2.24, 2.45) is 0 Å². The highest BCUT2D eigenvalue weighted by atomic mass is 32.2. The second-order valence-corrected chi connectivity index (χ2v) is 3.65. The summed E-state index contributed by atoms with van der Waals surface area (Å²) in [7, 11) is -2.52. The summed E-state index contributed by atoms with van der Waals surface area (Å²) in [5.41, 5.74) is 4.18. The molecule has 0 amide bonds. The molecule has 13 heavy (non-hydrogen) atoms. The van der Waals surface area contributed by atoms with Crippen LogP contribution in [0, 0.1) is 6.92 Å². The van der Waals surface area contributed by atoms with Crippen molar-refractivity contribution in [3.05, 3.63) is 29.8 Å². The minimum absolute atomic E-state index is 0.178. The predicted octanol–water partition coefficient (Wildman–Crippen LogP) is -0.243. The lowest BCUT2D eigenvalue weighted by Crippen LogP contribution is -2.40. The zero-order valence-electron chi connectivity index (χ0n) is 7.65. The molecule has 3 N–H and O–H groups in total. The average molecular weight is 203 g/mol. The quantitative estimate of drug-likeness (QED) is 0.639. The Bertz CT molecular complexity index is 342. The van der Waals surface area contributed by atoms with Gasteiger partial charge in [0.25, 0.3) is 0 Å². The molecule has 74 valence electrons. The summed E-state index contributed by atoms with van der Waals surface area (Å²) in [6.45, 7) is 1.82. The Morgan fingerprint density at radius 3 is 1.85 bits per heavy atom. The van der Waals surface area contributed by atoms with E-state index in [9.17, 15) is 13.0 Å². The lowest BCUT2D eigenvalue weighted by atomic mass is 10.2. The molecule has 0 bridgehead atoms. The van der Waals surface area contributed by atoms with Gasteiger partial charge in [0.1, 0.15) is 10.1 Å². The fourth-order valence-electron chi connectivity index (χ4n) is 0.705. The van der Waals surface area contributed by atoms with E-state index in [0.29, 0.717) is 0 Å². The first-order chi connectivity index (χ1) is 6.00. The third-order valence-electron chi connectivity index (χ3n) is 1.31. The summed E-state index contributed by atoms with van der Waals surface area (Å²) < 4.78 is 31.2. The van der Waals surface area contributed by atoms with E-state index < -0.39 is 10.1 Å². The van der Waals surface area contributed by atoms with E-state index in [1.807, 2.05) is 6.92 Å². The lowest BCUT2D eigenvalue weighted by Gasteiger charge is -2.05. The molecule has 0 radical (unpaired) electrons. The number of benzene rings is 1. The standard InChI is InChI=1S/C7H8O3S.CH5N/c1-6-2-4-7(5-3-6)11(8,9)10;1-2/h2-5H,1H3,(H,8,9,10);2H2,1H3.